The highest BCUT2D eigenvalue weighted by Crippen LogP contribution is 2.15. The van der Waals surface area contributed by atoms with Gasteiger partial charge in [-0.2, -0.15) is 0 Å². The van der Waals surface area contributed by atoms with Crippen molar-refractivity contribution in [3.8, 4) is 0 Å². The van der Waals surface area contributed by atoms with E-state index in [1.807, 2.05) is 44.2 Å². The second-order valence-corrected chi connectivity index (χ2v) is 4.82. The minimum atomic E-state index is 0.0168. The lowest BCUT2D eigenvalue weighted by Crippen LogP contribution is -2.37. The predicted octanol–water partition coefficient (Wildman–Crippen LogP) is 1.85. The predicted molar refractivity (Wildman–Crippen MR) is 76.7 cm³/mol. The van der Waals surface area contributed by atoms with Crippen LogP contribution in [-0.2, 0) is 11.3 Å². The summed E-state index contributed by atoms with van der Waals surface area (Å²) in [5.74, 6) is 0.0168. The van der Waals surface area contributed by atoms with Gasteiger partial charge < -0.3 is 10.6 Å². The molecule has 1 amide bonds. The number of amides is 1. The lowest BCUT2D eigenvalue weighted by atomic mass is 10.1. The minimum Gasteiger partial charge on any atom is -0.353 e. The van der Waals surface area contributed by atoms with Gasteiger partial charge in [-0.1, -0.05) is 24.3 Å². The van der Waals surface area contributed by atoms with Gasteiger partial charge in [0.1, 0.15) is 0 Å². The van der Waals surface area contributed by atoms with E-state index in [4.69, 9.17) is 0 Å². The van der Waals surface area contributed by atoms with E-state index in [1.165, 1.54) is 0 Å². The van der Waals surface area contributed by atoms with Crippen LogP contribution in [0, 0.1) is 0 Å². The Bertz CT molecular complexity index is 561. The molecule has 4 nitrogen and oxygen atoms in total. The third kappa shape index (κ3) is 3.76. The van der Waals surface area contributed by atoms with Crippen molar-refractivity contribution >= 4 is 16.8 Å². The molecule has 1 aromatic heterocycles. The Morgan fingerprint density at radius 3 is 2.84 bits per heavy atom. The molecule has 0 spiro atoms. The number of pyridine rings is 1. The topological polar surface area (TPSA) is 54.0 Å². The maximum absolute atomic E-state index is 11.5. The molecule has 100 valence electrons. The van der Waals surface area contributed by atoms with Gasteiger partial charge in [-0.25, -0.2) is 0 Å². The van der Waals surface area contributed by atoms with Crippen LogP contribution in [0.4, 0.5) is 0 Å². The first-order valence-corrected chi connectivity index (χ1v) is 6.49. The number of carbonyl (C=O) groups excluding carboxylic acids is 1. The molecule has 0 bridgehead atoms. The summed E-state index contributed by atoms with van der Waals surface area (Å²) >= 11 is 0. The van der Waals surface area contributed by atoms with Crippen molar-refractivity contribution in [3.05, 3.63) is 42.1 Å². The van der Waals surface area contributed by atoms with Crippen molar-refractivity contribution in [2.75, 3.05) is 6.54 Å². The third-order valence-corrected chi connectivity index (χ3v) is 2.77. The monoisotopic (exact) mass is 257 g/mol. The Kier molecular flexibility index (Phi) is 4.47. The van der Waals surface area contributed by atoms with Crippen LogP contribution in [0.25, 0.3) is 10.9 Å². The fourth-order valence-electron chi connectivity index (χ4n) is 1.99. The first-order valence-electron chi connectivity index (χ1n) is 6.49. The smallest absolute Gasteiger partial charge is 0.234 e. The van der Waals surface area contributed by atoms with E-state index in [9.17, 15) is 4.79 Å². The molecule has 0 aliphatic carbocycles. The summed E-state index contributed by atoms with van der Waals surface area (Å²) < 4.78 is 0. The van der Waals surface area contributed by atoms with Crippen LogP contribution in [0.2, 0.25) is 0 Å². The van der Waals surface area contributed by atoms with Crippen molar-refractivity contribution in [1.29, 1.82) is 0 Å². The molecule has 0 unspecified atom stereocenters. The van der Waals surface area contributed by atoms with Crippen LogP contribution >= 0.6 is 0 Å². The van der Waals surface area contributed by atoms with Crippen molar-refractivity contribution in [2.24, 2.45) is 0 Å². The molecule has 0 saturated carbocycles. The number of hydrogen-bond donors (Lipinski definition) is 2. The molecule has 1 heterocycles. The molecule has 0 fully saturated rings. The fourth-order valence-corrected chi connectivity index (χ4v) is 1.99. The number of nitrogens with one attached hydrogen (secondary N) is 2. The summed E-state index contributed by atoms with van der Waals surface area (Å²) in [5.41, 5.74) is 2.09. The Balaban J connectivity index is 1.97. The number of carbonyl (C=O) groups is 1. The van der Waals surface area contributed by atoms with Gasteiger partial charge in [0.25, 0.3) is 0 Å². The molecule has 19 heavy (non-hydrogen) atoms. The highest BCUT2D eigenvalue weighted by Gasteiger charge is 2.04. The zero-order valence-electron chi connectivity index (χ0n) is 11.3. The average Bonchev–Trinajstić information content (AvgIpc) is 2.38. The van der Waals surface area contributed by atoms with E-state index in [0.29, 0.717) is 13.1 Å². The zero-order chi connectivity index (χ0) is 13.7. The Hall–Kier alpha value is -1.94. The maximum Gasteiger partial charge on any atom is 0.234 e. The van der Waals surface area contributed by atoms with Crippen LogP contribution in [0.5, 0.6) is 0 Å². The summed E-state index contributed by atoms with van der Waals surface area (Å²) in [4.78, 5) is 15.9. The Morgan fingerprint density at radius 1 is 1.26 bits per heavy atom. The molecule has 2 rings (SSSR count). The molecule has 2 aromatic rings. The normalized spacial score (nSPS) is 10.9. The second kappa shape index (κ2) is 6.29. The van der Waals surface area contributed by atoms with Gasteiger partial charge >= 0.3 is 0 Å². The highest BCUT2D eigenvalue weighted by atomic mass is 16.1. The Labute approximate surface area is 113 Å². The third-order valence-electron chi connectivity index (χ3n) is 2.77. The number of hydrogen-bond acceptors (Lipinski definition) is 3. The summed E-state index contributed by atoms with van der Waals surface area (Å²) in [6, 6.07) is 10.2. The van der Waals surface area contributed by atoms with Gasteiger partial charge in [0.15, 0.2) is 0 Å². The second-order valence-electron chi connectivity index (χ2n) is 4.82. The number of nitrogens with zero attached hydrogens (tertiary/aromatic N) is 1. The van der Waals surface area contributed by atoms with Gasteiger partial charge in [-0.05, 0) is 25.5 Å². The first kappa shape index (κ1) is 13.5. The molecule has 0 radical (unpaired) electrons. The van der Waals surface area contributed by atoms with Crippen molar-refractivity contribution in [2.45, 2.75) is 26.4 Å². The quantitative estimate of drug-likeness (QED) is 0.859. The van der Waals surface area contributed by atoms with E-state index in [2.05, 4.69) is 15.6 Å². The van der Waals surface area contributed by atoms with Gasteiger partial charge in [0, 0.05) is 24.2 Å². The molecule has 0 aliphatic heterocycles. The standard InChI is InChI=1S/C15H19N3O/c1-11(2)18-14(19)10-16-9-13-6-3-5-12-7-4-8-17-15(12)13/h3-8,11,16H,9-10H2,1-2H3,(H,18,19). The molecule has 0 saturated heterocycles. The van der Waals surface area contributed by atoms with Gasteiger partial charge in [0.05, 0.1) is 12.1 Å². The largest absolute Gasteiger partial charge is 0.353 e. The van der Waals surface area contributed by atoms with Gasteiger partial charge in [-0.3, -0.25) is 9.78 Å². The summed E-state index contributed by atoms with van der Waals surface area (Å²) in [6.45, 7) is 4.86. The van der Waals surface area contributed by atoms with Gasteiger partial charge in [-0.15, -0.1) is 0 Å². The van der Waals surface area contributed by atoms with E-state index >= 15 is 0 Å². The molecule has 0 atom stereocenters. The van der Waals surface area contributed by atoms with Crippen LogP contribution in [0.15, 0.2) is 36.5 Å². The highest BCUT2D eigenvalue weighted by molar-refractivity contribution is 5.81. The fraction of sp³-hybridized carbons (Fsp3) is 0.333. The van der Waals surface area contributed by atoms with E-state index in [-0.39, 0.29) is 11.9 Å². The van der Waals surface area contributed by atoms with Crippen molar-refractivity contribution in [3.63, 3.8) is 0 Å². The molecule has 4 heteroatoms. The van der Waals surface area contributed by atoms with Crippen LogP contribution in [0.3, 0.4) is 0 Å². The summed E-state index contributed by atoms with van der Waals surface area (Å²) in [7, 11) is 0. The molecule has 0 aliphatic rings. The SMILES string of the molecule is CC(C)NC(=O)CNCc1cccc2cccnc12. The van der Waals surface area contributed by atoms with Crippen molar-refractivity contribution in [1.82, 2.24) is 15.6 Å². The number of para-hydroxylation sites is 1. The molecular formula is C15H19N3O. The first-order chi connectivity index (χ1) is 9.16. The molecule has 2 N–H and O–H groups in total. The number of aromatic nitrogens is 1. The van der Waals surface area contributed by atoms with Crippen LogP contribution in [0.1, 0.15) is 19.4 Å². The lowest BCUT2D eigenvalue weighted by molar-refractivity contribution is -0.120. The Morgan fingerprint density at radius 2 is 2.05 bits per heavy atom. The van der Waals surface area contributed by atoms with E-state index in [1.54, 1.807) is 6.20 Å². The van der Waals surface area contributed by atoms with E-state index in [0.717, 1.165) is 16.5 Å². The molecular weight excluding hydrogens is 238 g/mol. The number of benzene rings is 1. The van der Waals surface area contributed by atoms with Crippen LogP contribution < -0.4 is 10.6 Å². The number of rotatable bonds is 5. The summed E-state index contributed by atoms with van der Waals surface area (Å²) in [5, 5.41) is 7.11. The van der Waals surface area contributed by atoms with Gasteiger partial charge in [0.2, 0.25) is 5.91 Å². The van der Waals surface area contributed by atoms with E-state index < -0.39 is 0 Å². The molecule has 1 aromatic carbocycles. The number of fused-ring (bicyclic) bond motifs is 1. The lowest BCUT2D eigenvalue weighted by Gasteiger charge is -2.10. The minimum absolute atomic E-state index is 0.0168. The van der Waals surface area contributed by atoms with Crippen LogP contribution in [-0.4, -0.2) is 23.5 Å². The summed E-state index contributed by atoms with van der Waals surface area (Å²) in [6.07, 6.45) is 1.79. The maximum atomic E-state index is 11.5. The van der Waals surface area contributed by atoms with Crippen molar-refractivity contribution < 1.29 is 4.79 Å². The zero-order valence-corrected chi connectivity index (χ0v) is 11.3. The average molecular weight is 257 g/mol.